The molecule has 8 nitrogen and oxygen atoms in total. The molecule has 0 aromatic heterocycles. The fraction of sp³-hybridized carbons (Fsp3) is 0.125. The van der Waals surface area contributed by atoms with Gasteiger partial charge in [0.2, 0.25) is 16.8 Å². The van der Waals surface area contributed by atoms with Gasteiger partial charge in [0.25, 0.3) is 0 Å². The van der Waals surface area contributed by atoms with Crippen molar-refractivity contribution in [2.75, 3.05) is 13.4 Å². The molecule has 136 valence electrons. The van der Waals surface area contributed by atoms with E-state index in [0.717, 1.165) is 12.1 Å². The van der Waals surface area contributed by atoms with E-state index in [1.165, 1.54) is 18.2 Å². The molecule has 0 aliphatic carbocycles. The summed E-state index contributed by atoms with van der Waals surface area (Å²) in [5.41, 5.74) is 0.0584. The molecule has 0 bridgehead atoms. The summed E-state index contributed by atoms with van der Waals surface area (Å²) in [6, 6.07) is 7.92. The molecule has 2 aromatic rings. The van der Waals surface area contributed by atoms with Gasteiger partial charge in [0, 0.05) is 5.56 Å². The second-order valence-corrected chi connectivity index (χ2v) is 7.22. The maximum Gasteiger partial charge on any atom is 0.340 e. The average Bonchev–Trinajstić information content (AvgIpc) is 3.06. The molecular weight excluding hydrogens is 386 g/mol. The molecule has 0 saturated carbocycles. The third kappa shape index (κ3) is 3.79. The zero-order chi connectivity index (χ0) is 18.9. The normalized spacial score (nSPS) is 12.7. The Labute approximate surface area is 153 Å². The lowest BCUT2D eigenvalue weighted by Gasteiger charge is -2.08. The number of benzene rings is 2. The molecule has 0 spiro atoms. The third-order valence-corrected chi connectivity index (χ3v) is 4.76. The maximum absolute atomic E-state index is 12.2. The minimum atomic E-state index is -4.01. The first kappa shape index (κ1) is 18.2. The predicted molar refractivity (Wildman–Crippen MR) is 90.0 cm³/mol. The first-order chi connectivity index (χ1) is 12.3. The molecule has 0 atom stereocenters. The first-order valence-electron chi connectivity index (χ1n) is 7.18. The highest BCUT2D eigenvalue weighted by atomic mass is 35.5. The molecule has 1 aliphatic heterocycles. The van der Waals surface area contributed by atoms with Crippen molar-refractivity contribution in [1.82, 2.24) is 0 Å². The van der Waals surface area contributed by atoms with E-state index in [0.29, 0.717) is 11.5 Å². The van der Waals surface area contributed by atoms with Gasteiger partial charge in [-0.05, 0) is 36.4 Å². The Balaban J connectivity index is 1.72. The highest BCUT2D eigenvalue weighted by molar-refractivity contribution is 7.89. The van der Waals surface area contributed by atoms with Gasteiger partial charge in [0.15, 0.2) is 23.9 Å². The van der Waals surface area contributed by atoms with E-state index in [1.807, 2.05) is 0 Å². The van der Waals surface area contributed by atoms with Crippen molar-refractivity contribution < 1.29 is 32.2 Å². The van der Waals surface area contributed by atoms with Gasteiger partial charge >= 0.3 is 5.97 Å². The summed E-state index contributed by atoms with van der Waals surface area (Å²) in [5, 5.41) is 4.99. The first-order valence-corrected chi connectivity index (χ1v) is 9.10. The van der Waals surface area contributed by atoms with Gasteiger partial charge in [0.05, 0.1) is 15.5 Å². The van der Waals surface area contributed by atoms with Gasteiger partial charge < -0.3 is 14.2 Å². The highest BCUT2D eigenvalue weighted by Crippen LogP contribution is 2.32. The Bertz CT molecular complexity index is 1000. The molecule has 2 N–H and O–H groups in total. The van der Waals surface area contributed by atoms with E-state index in [1.54, 1.807) is 6.07 Å². The van der Waals surface area contributed by atoms with Crippen LogP contribution in [-0.4, -0.2) is 33.6 Å². The van der Waals surface area contributed by atoms with Crippen LogP contribution < -0.4 is 14.6 Å². The molecule has 0 saturated heterocycles. The number of carbonyl (C=O) groups excluding carboxylic acids is 2. The van der Waals surface area contributed by atoms with Crippen LogP contribution in [-0.2, 0) is 14.8 Å². The summed E-state index contributed by atoms with van der Waals surface area (Å²) in [6.45, 7) is -0.491. The Morgan fingerprint density at radius 1 is 1.12 bits per heavy atom. The molecule has 0 fully saturated rings. The van der Waals surface area contributed by atoms with Crippen molar-refractivity contribution in [3.63, 3.8) is 0 Å². The zero-order valence-electron chi connectivity index (χ0n) is 13.1. The van der Waals surface area contributed by atoms with E-state index in [4.69, 9.17) is 31.0 Å². The summed E-state index contributed by atoms with van der Waals surface area (Å²) in [7, 11) is -4.01. The Morgan fingerprint density at radius 3 is 2.58 bits per heavy atom. The summed E-state index contributed by atoms with van der Waals surface area (Å²) in [4.78, 5) is 24.0. The van der Waals surface area contributed by atoms with E-state index in [9.17, 15) is 18.0 Å². The van der Waals surface area contributed by atoms with Crippen molar-refractivity contribution in [2.24, 2.45) is 5.14 Å². The Hall–Kier alpha value is -2.62. The van der Waals surface area contributed by atoms with Crippen LogP contribution in [0.2, 0.25) is 5.02 Å². The van der Waals surface area contributed by atoms with E-state index < -0.39 is 28.4 Å². The van der Waals surface area contributed by atoms with Gasteiger partial charge in [-0.2, -0.15) is 0 Å². The number of ketones is 1. The topological polar surface area (TPSA) is 122 Å². The Morgan fingerprint density at radius 2 is 1.85 bits per heavy atom. The molecule has 0 unspecified atom stereocenters. The molecule has 1 heterocycles. The lowest BCUT2D eigenvalue weighted by Crippen LogP contribution is -2.16. The third-order valence-electron chi connectivity index (χ3n) is 3.52. The lowest BCUT2D eigenvalue weighted by atomic mass is 10.1. The summed E-state index contributed by atoms with van der Waals surface area (Å²) < 4.78 is 38.0. The van der Waals surface area contributed by atoms with E-state index >= 15 is 0 Å². The van der Waals surface area contributed by atoms with Crippen molar-refractivity contribution >= 4 is 33.4 Å². The quantitative estimate of drug-likeness (QED) is 0.602. The van der Waals surface area contributed by atoms with Gasteiger partial charge in [-0.3, -0.25) is 4.79 Å². The number of halogens is 1. The number of ether oxygens (including phenoxy) is 3. The van der Waals surface area contributed by atoms with E-state index in [-0.39, 0.29) is 27.8 Å². The van der Waals surface area contributed by atoms with Crippen LogP contribution in [0.5, 0.6) is 11.5 Å². The van der Waals surface area contributed by atoms with Gasteiger partial charge in [-0.1, -0.05) is 11.6 Å². The molecular formula is C16H12ClNO7S. The number of primary sulfonamides is 1. The average molecular weight is 398 g/mol. The summed E-state index contributed by atoms with van der Waals surface area (Å²) in [6.07, 6.45) is 0. The number of esters is 1. The second-order valence-electron chi connectivity index (χ2n) is 5.25. The van der Waals surface area contributed by atoms with Crippen LogP contribution in [0, 0.1) is 0 Å². The van der Waals surface area contributed by atoms with Crippen LogP contribution in [0.3, 0.4) is 0 Å². The molecule has 0 amide bonds. The minimum absolute atomic E-state index is 0.0297. The van der Waals surface area contributed by atoms with E-state index in [2.05, 4.69) is 0 Å². The molecule has 2 aromatic carbocycles. The van der Waals surface area contributed by atoms with Gasteiger partial charge in [-0.15, -0.1) is 0 Å². The zero-order valence-corrected chi connectivity index (χ0v) is 14.7. The van der Waals surface area contributed by atoms with Crippen molar-refractivity contribution in [2.45, 2.75) is 4.90 Å². The maximum atomic E-state index is 12.2. The van der Waals surface area contributed by atoms with Gasteiger partial charge in [0.1, 0.15) is 0 Å². The van der Waals surface area contributed by atoms with Gasteiger partial charge in [-0.25, -0.2) is 18.4 Å². The predicted octanol–water partition coefficient (Wildman–Crippen LogP) is 1.76. The van der Waals surface area contributed by atoms with Crippen LogP contribution in [0.1, 0.15) is 20.7 Å². The molecule has 3 rings (SSSR count). The van der Waals surface area contributed by atoms with Crippen LogP contribution in [0.15, 0.2) is 41.3 Å². The van der Waals surface area contributed by atoms with Crippen LogP contribution >= 0.6 is 11.6 Å². The van der Waals surface area contributed by atoms with Crippen molar-refractivity contribution in [3.05, 3.63) is 52.5 Å². The SMILES string of the molecule is NS(=O)(=O)c1ccc(Cl)c(C(=O)OCC(=O)c2ccc3c(c2)OCO3)c1. The smallest absolute Gasteiger partial charge is 0.340 e. The monoisotopic (exact) mass is 397 g/mol. The Kier molecular flexibility index (Phi) is 4.86. The molecule has 26 heavy (non-hydrogen) atoms. The fourth-order valence-electron chi connectivity index (χ4n) is 2.20. The van der Waals surface area contributed by atoms with Crippen LogP contribution in [0.25, 0.3) is 0 Å². The van der Waals surface area contributed by atoms with Crippen molar-refractivity contribution in [1.29, 1.82) is 0 Å². The molecule has 0 radical (unpaired) electrons. The highest BCUT2D eigenvalue weighted by Gasteiger charge is 2.20. The molecule has 10 heteroatoms. The molecule has 1 aliphatic rings. The minimum Gasteiger partial charge on any atom is -0.454 e. The number of rotatable bonds is 5. The van der Waals surface area contributed by atoms with Crippen molar-refractivity contribution in [3.8, 4) is 11.5 Å². The standard InChI is InChI=1S/C16H12ClNO7S/c17-12-3-2-10(26(18,21)22)6-11(12)16(20)23-7-13(19)9-1-4-14-15(5-9)25-8-24-14/h1-6H,7-8H2,(H2,18,21,22). The number of carbonyl (C=O) groups is 2. The number of hydrogen-bond acceptors (Lipinski definition) is 7. The summed E-state index contributed by atoms with van der Waals surface area (Å²) >= 11 is 5.89. The number of nitrogens with two attached hydrogens (primary N) is 1. The number of hydrogen-bond donors (Lipinski definition) is 1. The number of fused-ring (bicyclic) bond motifs is 1. The largest absolute Gasteiger partial charge is 0.454 e. The second kappa shape index (κ2) is 6.94. The number of Topliss-reactive ketones (excluding diaryl/α,β-unsaturated/α-hetero) is 1. The summed E-state index contributed by atoms with van der Waals surface area (Å²) in [5.74, 6) is -0.485. The van der Waals surface area contributed by atoms with Crippen LogP contribution in [0.4, 0.5) is 0 Å². The lowest BCUT2D eigenvalue weighted by molar-refractivity contribution is 0.0474. The fourth-order valence-corrected chi connectivity index (χ4v) is 2.93. The number of sulfonamides is 1.